The Kier molecular flexibility index (Phi) is 6.76. The summed E-state index contributed by atoms with van der Waals surface area (Å²) in [5.74, 6) is 0. The summed E-state index contributed by atoms with van der Waals surface area (Å²) < 4.78 is 9.26. The number of furan rings is 1. The fraction of sp³-hybridized carbons (Fsp3) is 0. The molecule has 2 heterocycles. The fourth-order valence-corrected chi connectivity index (χ4v) is 9.49. The van der Waals surface area contributed by atoms with Crippen LogP contribution in [0.5, 0.6) is 0 Å². The van der Waals surface area contributed by atoms with Crippen LogP contribution in [0, 0.1) is 0 Å². The summed E-state index contributed by atoms with van der Waals surface area (Å²) in [5, 5.41) is 9.76. The number of rotatable bonds is 5. The molecule has 248 valence electrons. The number of hydrogen-bond acceptors (Lipinski definition) is 3. The van der Waals surface area contributed by atoms with Gasteiger partial charge >= 0.3 is 0 Å². The van der Waals surface area contributed by atoms with Crippen LogP contribution in [0.4, 0.5) is 17.1 Å². The maximum Gasteiger partial charge on any atom is 0.143 e. The van der Waals surface area contributed by atoms with Gasteiger partial charge in [0.1, 0.15) is 11.2 Å². The van der Waals surface area contributed by atoms with Gasteiger partial charge in [-0.1, -0.05) is 152 Å². The van der Waals surface area contributed by atoms with Crippen LogP contribution in [0.15, 0.2) is 192 Å². The fourth-order valence-electron chi connectivity index (χ4n) is 8.25. The molecule has 0 atom stereocenters. The van der Waals surface area contributed by atoms with Crippen molar-refractivity contribution in [1.29, 1.82) is 0 Å². The van der Waals surface area contributed by atoms with Gasteiger partial charge in [0.15, 0.2) is 0 Å². The molecule has 0 saturated heterocycles. The SMILES string of the molecule is c1ccc(N(c2ccc(-c3cccc4c3sc3ccccc34)cc2)c2cc3ccccc3c3ccccc23)c(-c2cccc3c2oc2ccccc23)c1. The molecule has 2 nitrogen and oxygen atoms in total. The van der Waals surface area contributed by atoms with E-state index in [0.717, 1.165) is 50.1 Å². The number of nitrogens with zero attached hydrogens (tertiary/aromatic N) is 1. The highest BCUT2D eigenvalue weighted by Gasteiger charge is 2.23. The van der Waals surface area contributed by atoms with E-state index in [1.54, 1.807) is 0 Å². The second-order valence-corrected chi connectivity index (χ2v) is 14.7. The molecule has 0 aliphatic carbocycles. The van der Waals surface area contributed by atoms with E-state index >= 15 is 0 Å². The van der Waals surface area contributed by atoms with Gasteiger partial charge in [-0.05, 0) is 63.7 Å². The summed E-state index contributed by atoms with van der Waals surface area (Å²) in [6.45, 7) is 0. The standard InChI is InChI=1S/C50H31NOS/c1-2-14-35-33(13-1)31-46(38-16-4-3-15-37(35)38)51(34-29-27-32(28-30-34)36-20-11-23-44-41-19-7-10-26-48(41)53-50(36)44)45-24-8-5-17-39(45)42-21-12-22-43-40-18-6-9-25-47(40)52-49(42)43/h1-31H. The molecule has 53 heavy (non-hydrogen) atoms. The van der Waals surface area contributed by atoms with Gasteiger partial charge in [-0.15, -0.1) is 11.3 Å². The van der Waals surface area contributed by atoms with Gasteiger partial charge in [-0.2, -0.15) is 0 Å². The Hall–Kier alpha value is -6.68. The van der Waals surface area contributed by atoms with Crippen LogP contribution >= 0.6 is 11.3 Å². The molecule has 0 saturated carbocycles. The van der Waals surface area contributed by atoms with E-state index in [1.165, 1.54) is 52.8 Å². The molecular formula is C50H31NOS. The van der Waals surface area contributed by atoms with Crippen molar-refractivity contribution in [2.24, 2.45) is 0 Å². The predicted octanol–water partition coefficient (Wildman–Crippen LogP) is 15.1. The van der Waals surface area contributed by atoms with Gasteiger partial charge in [0.2, 0.25) is 0 Å². The maximum absolute atomic E-state index is 6.62. The summed E-state index contributed by atoms with van der Waals surface area (Å²) in [7, 11) is 0. The minimum Gasteiger partial charge on any atom is -0.455 e. The normalized spacial score (nSPS) is 11.8. The minimum atomic E-state index is 0.897. The van der Waals surface area contributed by atoms with Crippen molar-refractivity contribution < 1.29 is 4.42 Å². The molecule has 0 aliphatic rings. The first-order chi connectivity index (χ1) is 26.3. The second-order valence-electron chi connectivity index (χ2n) is 13.6. The van der Waals surface area contributed by atoms with Crippen LogP contribution in [-0.2, 0) is 0 Å². The van der Waals surface area contributed by atoms with Crippen molar-refractivity contribution in [3.63, 3.8) is 0 Å². The third-order valence-electron chi connectivity index (χ3n) is 10.7. The average molecular weight is 694 g/mol. The van der Waals surface area contributed by atoms with Crippen molar-refractivity contribution in [2.75, 3.05) is 4.90 Å². The molecular weight excluding hydrogens is 663 g/mol. The first kappa shape index (κ1) is 30.0. The Morgan fingerprint density at radius 2 is 1.02 bits per heavy atom. The van der Waals surface area contributed by atoms with E-state index in [2.05, 4.69) is 187 Å². The number of fused-ring (bicyclic) bond motifs is 9. The van der Waals surface area contributed by atoms with Crippen molar-refractivity contribution in [3.05, 3.63) is 188 Å². The zero-order valence-corrected chi connectivity index (χ0v) is 29.5. The molecule has 0 fully saturated rings. The molecule has 0 amide bonds. The van der Waals surface area contributed by atoms with Crippen LogP contribution in [0.3, 0.4) is 0 Å². The van der Waals surface area contributed by atoms with E-state index in [0.29, 0.717) is 0 Å². The van der Waals surface area contributed by atoms with Gasteiger partial charge in [0.05, 0.1) is 11.4 Å². The summed E-state index contributed by atoms with van der Waals surface area (Å²) >= 11 is 1.87. The lowest BCUT2D eigenvalue weighted by Gasteiger charge is -2.29. The number of para-hydroxylation sites is 3. The smallest absolute Gasteiger partial charge is 0.143 e. The first-order valence-electron chi connectivity index (χ1n) is 18.0. The highest BCUT2D eigenvalue weighted by atomic mass is 32.1. The van der Waals surface area contributed by atoms with Crippen molar-refractivity contribution in [1.82, 2.24) is 0 Å². The number of anilines is 3. The molecule has 2 aromatic heterocycles. The lowest BCUT2D eigenvalue weighted by Crippen LogP contribution is -2.12. The quantitative estimate of drug-likeness (QED) is 0.167. The van der Waals surface area contributed by atoms with Crippen LogP contribution < -0.4 is 4.90 Å². The summed E-state index contributed by atoms with van der Waals surface area (Å²) in [5.41, 5.74) is 9.73. The molecule has 0 N–H and O–H groups in total. The first-order valence-corrected chi connectivity index (χ1v) is 18.8. The Morgan fingerprint density at radius 3 is 1.89 bits per heavy atom. The summed E-state index contributed by atoms with van der Waals surface area (Å²) in [6, 6.07) is 67.9. The summed E-state index contributed by atoms with van der Waals surface area (Å²) in [4.78, 5) is 2.44. The molecule has 0 bridgehead atoms. The van der Waals surface area contributed by atoms with E-state index in [-0.39, 0.29) is 0 Å². The predicted molar refractivity (Wildman–Crippen MR) is 227 cm³/mol. The molecule has 0 aliphatic heterocycles. The third kappa shape index (κ3) is 4.71. The molecule has 11 rings (SSSR count). The lowest BCUT2D eigenvalue weighted by molar-refractivity contribution is 0.670. The average Bonchev–Trinajstić information content (AvgIpc) is 3.80. The van der Waals surface area contributed by atoms with Crippen molar-refractivity contribution in [2.45, 2.75) is 0 Å². The van der Waals surface area contributed by atoms with Gasteiger partial charge in [0, 0.05) is 53.1 Å². The largest absolute Gasteiger partial charge is 0.455 e. The van der Waals surface area contributed by atoms with Gasteiger partial charge in [0.25, 0.3) is 0 Å². The molecule has 11 aromatic rings. The number of thiophene rings is 1. The number of hydrogen-bond donors (Lipinski definition) is 0. The van der Waals surface area contributed by atoms with E-state index in [9.17, 15) is 0 Å². The Labute approximate surface area is 310 Å². The zero-order chi connectivity index (χ0) is 34.9. The molecule has 0 radical (unpaired) electrons. The van der Waals surface area contributed by atoms with Crippen LogP contribution in [0.2, 0.25) is 0 Å². The van der Waals surface area contributed by atoms with Crippen LogP contribution in [-0.4, -0.2) is 0 Å². The molecule has 0 unspecified atom stereocenters. The zero-order valence-electron chi connectivity index (χ0n) is 28.7. The van der Waals surface area contributed by atoms with E-state index in [4.69, 9.17) is 4.42 Å². The highest BCUT2D eigenvalue weighted by molar-refractivity contribution is 7.26. The Bertz CT molecular complexity index is 3190. The number of benzene rings is 9. The van der Waals surface area contributed by atoms with Crippen LogP contribution in [0.1, 0.15) is 0 Å². The van der Waals surface area contributed by atoms with Crippen molar-refractivity contribution in [3.8, 4) is 22.3 Å². The lowest BCUT2D eigenvalue weighted by atomic mass is 9.96. The maximum atomic E-state index is 6.62. The van der Waals surface area contributed by atoms with Gasteiger partial charge in [-0.3, -0.25) is 0 Å². The monoisotopic (exact) mass is 693 g/mol. The van der Waals surface area contributed by atoms with Crippen molar-refractivity contribution >= 4 is 92.1 Å². The highest BCUT2D eigenvalue weighted by Crippen LogP contribution is 2.48. The summed E-state index contributed by atoms with van der Waals surface area (Å²) in [6.07, 6.45) is 0. The molecule has 9 aromatic carbocycles. The third-order valence-corrected chi connectivity index (χ3v) is 11.9. The van der Waals surface area contributed by atoms with E-state index < -0.39 is 0 Å². The van der Waals surface area contributed by atoms with Gasteiger partial charge in [-0.25, -0.2) is 0 Å². The Morgan fingerprint density at radius 1 is 0.396 bits per heavy atom. The Balaban J connectivity index is 1.16. The topological polar surface area (TPSA) is 16.4 Å². The minimum absolute atomic E-state index is 0.897. The van der Waals surface area contributed by atoms with Gasteiger partial charge < -0.3 is 9.32 Å². The molecule has 3 heteroatoms. The van der Waals surface area contributed by atoms with E-state index in [1.807, 2.05) is 17.4 Å². The second kappa shape index (κ2) is 11.9. The molecule has 0 spiro atoms. The van der Waals surface area contributed by atoms with Crippen LogP contribution in [0.25, 0.3) is 85.9 Å².